The number of alkyl halides is 13. The Hall–Kier alpha value is 2.99. The van der Waals surface area contributed by atoms with E-state index in [1.807, 2.05) is 0 Å². The molecule has 0 spiro atoms. The second-order valence-corrected chi connectivity index (χ2v) is 14.2. The molecule has 13 heteroatoms. The van der Waals surface area contributed by atoms with Crippen LogP contribution in [0.4, 0.5) is 0 Å². The van der Waals surface area contributed by atoms with Crippen molar-refractivity contribution in [3.63, 3.8) is 0 Å². The molecule has 1 aromatic rings. The Labute approximate surface area is 210 Å². The largest absolute Gasteiger partial charge is 0.226 e. The number of benzene rings is 1. The number of halogens is 13. The summed E-state index contributed by atoms with van der Waals surface area (Å²) in [6, 6.07) is 8.66. The Morgan fingerprint density at radius 1 is 0.560 bits per heavy atom. The third-order valence-electron chi connectivity index (χ3n) is 3.18. The maximum atomic E-state index is 6.46. The molecule has 0 N–H and O–H groups in total. The summed E-state index contributed by atoms with van der Waals surface area (Å²) in [6.07, 6.45) is 0. The van der Waals surface area contributed by atoms with Gasteiger partial charge in [-0.3, -0.25) is 0 Å². The lowest BCUT2D eigenvalue weighted by molar-refractivity contribution is 0.357. The second kappa shape index (κ2) is 8.26. The Kier molecular flexibility index (Phi) is 8.60. The first-order chi connectivity index (χ1) is 10.9. The van der Waals surface area contributed by atoms with Crippen LogP contribution in [-0.2, 0) is 5.41 Å². The minimum atomic E-state index is -2.68. The number of rotatable bonds is 3. The van der Waals surface area contributed by atoms with Crippen LogP contribution in [0.3, 0.4) is 0 Å². The molecule has 1 rings (SSSR count). The molecule has 0 amide bonds. The SMILES string of the molecule is ClC(Cl)(Cl)C(Cl)(Cl)C(Cl)(Cl)C(c1[c]cccc1)(C(Cl)(Cl)Cl)C(Cl)(Cl)Cl. The summed E-state index contributed by atoms with van der Waals surface area (Å²) in [5.41, 5.74) is -2.50. The van der Waals surface area contributed by atoms with Crippen molar-refractivity contribution in [1.82, 2.24) is 0 Å². The highest BCUT2D eigenvalue weighted by molar-refractivity contribution is 6.81. The lowest BCUT2D eigenvalue weighted by atomic mass is 9.77. The zero-order chi connectivity index (χ0) is 20.1. The van der Waals surface area contributed by atoms with Gasteiger partial charge in [0.2, 0.25) is 11.4 Å². The highest BCUT2D eigenvalue weighted by Crippen LogP contribution is 2.72. The van der Waals surface area contributed by atoms with E-state index in [-0.39, 0.29) is 5.56 Å². The number of hydrogen-bond donors (Lipinski definition) is 0. The molecule has 0 atom stereocenters. The van der Waals surface area contributed by atoms with Gasteiger partial charge >= 0.3 is 0 Å². The van der Waals surface area contributed by atoms with E-state index < -0.39 is 25.5 Å². The topological polar surface area (TPSA) is 0 Å². The van der Waals surface area contributed by atoms with Gasteiger partial charge in [0.1, 0.15) is 5.41 Å². The molecule has 0 unspecified atom stereocenters. The van der Waals surface area contributed by atoms with Crippen LogP contribution in [0.15, 0.2) is 24.3 Å². The molecule has 0 nitrogen and oxygen atoms in total. The van der Waals surface area contributed by atoms with Crippen LogP contribution in [0.1, 0.15) is 5.56 Å². The molecule has 0 aromatic heterocycles. The van der Waals surface area contributed by atoms with Gasteiger partial charge in [0, 0.05) is 0 Å². The Bertz CT molecular complexity index is 576. The highest BCUT2D eigenvalue weighted by Gasteiger charge is 2.79. The molecule has 0 bridgehead atoms. The van der Waals surface area contributed by atoms with Crippen LogP contribution >= 0.6 is 151 Å². The maximum Gasteiger partial charge on any atom is 0.226 e. The van der Waals surface area contributed by atoms with Crippen molar-refractivity contribution in [2.45, 2.75) is 25.5 Å². The van der Waals surface area contributed by atoms with E-state index in [0.717, 1.165) is 0 Å². The van der Waals surface area contributed by atoms with E-state index in [1.54, 1.807) is 6.07 Å². The van der Waals surface area contributed by atoms with Gasteiger partial charge in [-0.25, -0.2) is 0 Å². The lowest BCUT2D eigenvalue weighted by Gasteiger charge is -2.55. The minimum Gasteiger partial charge on any atom is -0.0967 e. The third-order valence-corrected chi connectivity index (χ3v) is 8.97. The molecule has 0 aliphatic rings. The first kappa shape index (κ1) is 26.0. The van der Waals surface area contributed by atoms with Crippen molar-refractivity contribution in [3.05, 3.63) is 35.9 Å². The van der Waals surface area contributed by atoms with Crippen LogP contribution in [0.25, 0.3) is 0 Å². The molecule has 1 radical (unpaired) electrons. The molecule has 143 valence electrons. The van der Waals surface area contributed by atoms with Gasteiger partial charge in [-0.15, -0.1) is 0 Å². The first-order valence-corrected chi connectivity index (χ1v) is 10.7. The van der Waals surface area contributed by atoms with Crippen molar-refractivity contribution in [2.75, 3.05) is 0 Å². The predicted molar refractivity (Wildman–Crippen MR) is 117 cm³/mol. The quantitative estimate of drug-likeness (QED) is 0.300. The molecule has 0 fully saturated rings. The van der Waals surface area contributed by atoms with E-state index in [2.05, 4.69) is 6.07 Å². The summed E-state index contributed by atoms with van der Waals surface area (Å²) in [7, 11) is 0. The Morgan fingerprint density at radius 2 is 1.00 bits per heavy atom. The lowest BCUT2D eigenvalue weighted by Crippen LogP contribution is -2.69. The Morgan fingerprint density at radius 3 is 1.28 bits per heavy atom. The van der Waals surface area contributed by atoms with E-state index in [9.17, 15) is 0 Å². The van der Waals surface area contributed by atoms with Gasteiger partial charge in [-0.2, -0.15) is 0 Å². The monoisotopic (exact) mass is 603 g/mol. The van der Waals surface area contributed by atoms with Crippen molar-refractivity contribution in [2.24, 2.45) is 0 Å². The third kappa shape index (κ3) is 4.39. The number of hydrogen-bond acceptors (Lipinski definition) is 0. The van der Waals surface area contributed by atoms with Gasteiger partial charge in [-0.1, -0.05) is 175 Å². The zero-order valence-electron chi connectivity index (χ0n) is 11.2. The summed E-state index contributed by atoms with van der Waals surface area (Å²) in [4.78, 5) is 0. The highest BCUT2D eigenvalue weighted by atomic mass is 35.6. The summed E-state index contributed by atoms with van der Waals surface area (Å²) < 4.78 is -12.8. The van der Waals surface area contributed by atoms with E-state index in [4.69, 9.17) is 151 Å². The van der Waals surface area contributed by atoms with Crippen LogP contribution in [0.5, 0.6) is 0 Å². The normalized spacial score (nSPS) is 15.4. The van der Waals surface area contributed by atoms with Gasteiger partial charge < -0.3 is 0 Å². The van der Waals surface area contributed by atoms with Gasteiger partial charge in [0.15, 0.2) is 8.67 Å². The minimum absolute atomic E-state index is 0.0556. The van der Waals surface area contributed by atoms with E-state index in [1.165, 1.54) is 18.2 Å². The van der Waals surface area contributed by atoms with Crippen molar-refractivity contribution < 1.29 is 0 Å². The van der Waals surface area contributed by atoms with E-state index >= 15 is 0 Å². The standard InChI is InChI=1S/C12H4Cl13/c13-8(14,9(15,16)12(23,24)25)7(10(17,18)19,11(20,21)22)6-4-2-1-3-5-6/h1-4H. The summed E-state index contributed by atoms with van der Waals surface area (Å²) in [5, 5.41) is 0. The molecule has 0 saturated heterocycles. The molecule has 1 aromatic carbocycles. The maximum absolute atomic E-state index is 6.46. The first-order valence-electron chi connectivity index (χ1n) is 5.78. The Balaban J connectivity index is 4.05. The second-order valence-electron chi connectivity index (χ2n) is 4.67. The fraction of sp³-hybridized carbons (Fsp3) is 0.500. The van der Waals surface area contributed by atoms with E-state index in [0.29, 0.717) is 0 Å². The average Bonchev–Trinajstić information content (AvgIpc) is 2.35. The van der Waals surface area contributed by atoms with Gasteiger partial charge in [-0.05, 0) is 11.6 Å². The van der Waals surface area contributed by atoms with Crippen molar-refractivity contribution in [3.8, 4) is 0 Å². The van der Waals surface area contributed by atoms with Gasteiger partial charge in [0.05, 0.1) is 0 Å². The fourth-order valence-corrected chi connectivity index (χ4v) is 7.41. The summed E-state index contributed by atoms with van der Waals surface area (Å²) in [5.74, 6) is 0. The fourth-order valence-electron chi connectivity index (χ4n) is 2.03. The van der Waals surface area contributed by atoms with Crippen LogP contribution in [0, 0.1) is 6.07 Å². The summed E-state index contributed by atoms with van der Waals surface area (Å²) in [6.45, 7) is 0. The molecule has 0 saturated carbocycles. The molecule has 0 heterocycles. The van der Waals surface area contributed by atoms with Crippen LogP contribution in [-0.4, -0.2) is 20.0 Å². The van der Waals surface area contributed by atoms with Crippen molar-refractivity contribution in [1.29, 1.82) is 0 Å². The molecule has 0 aliphatic carbocycles. The smallest absolute Gasteiger partial charge is 0.0967 e. The molecule has 0 aliphatic heterocycles. The average molecular weight is 609 g/mol. The van der Waals surface area contributed by atoms with Crippen molar-refractivity contribution >= 4 is 151 Å². The predicted octanol–water partition coefficient (Wildman–Crippen LogP) is 9.18. The van der Waals surface area contributed by atoms with Crippen LogP contribution in [0.2, 0.25) is 0 Å². The molecular formula is C12H4Cl13. The summed E-state index contributed by atoms with van der Waals surface area (Å²) >= 11 is 79.7. The zero-order valence-corrected chi connectivity index (χ0v) is 21.1. The molecular weight excluding hydrogens is 605 g/mol. The van der Waals surface area contributed by atoms with Gasteiger partial charge in [0.25, 0.3) is 0 Å². The van der Waals surface area contributed by atoms with Crippen LogP contribution < -0.4 is 0 Å². The molecule has 25 heavy (non-hydrogen) atoms.